The van der Waals surface area contributed by atoms with Crippen molar-refractivity contribution < 1.29 is 17.6 Å². The molecule has 196 valence electrons. The minimum Gasteiger partial charge on any atom is -0.454 e. The molecule has 0 N–H and O–H groups in total. The van der Waals surface area contributed by atoms with Crippen LogP contribution >= 0.6 is 27.3 Å². The fourth-order valence-electron chi connectivity index (χ4n) is 4.49. The number of furan rings is 1. The van der Waals surface area contributed by atoms with Crippen LogP contribution in [0.25, 0.3) is 60.6 Å². The van der Waals surface area contributed by atoms with Crippen LogP contribution < -0.4 is 0 Å². The molecule has 4 heterocycles. The summed E-state index contributed by atoms with van der Waals surface area (Å²) in [6.07, 6.45) is -4.44. The van der Waals surface area contributed by atoms with E-state index in [9.17, 15) is 13.2 Å². The van der Waals surface area contributed by atoms with Gasteiger partial charge in [0.05, 0.1) is 11.1 Å². The highest BCUT2D eigenvalue weighted by molar-refractivity contribution is 9.10. The van der Waals surface area contributed by atoms with Gasteiger partial charge in [0, 0.05) is 26.5 Å². The van der Waals surface area contributed by atoms with E-state index in [1.165, 1.54) is 17.4 Å². The molecule has 0 unspecified atom stereocenters. The summed E-state index contributed by atoms with van der Waals surface area (Å²) in [5.41, 5.74) is 2.54. The predicted molar refractivity (Wildman–Crippen MR) is 151 cm³/mol. The Bertz CT molecular complexity index is 2050. The second-order valence-corrected chi connectivity index (χ2v) is 10.7. The number of hydrogen-bond donors (Lipinski definition) is 0. The number of aromatic nitrogens is 5. The molecule has 0 fully saturated rings. The average Bonchev–Trinajstić information content (AvgIpc) is 3.69. The molecule has 0 radical (unpaired) electrons. The molecule has 0 aliphatic rings. The quantitative estimate of drug-likeness (QED) is 0.197. The molecule has 40 heavy (non-hydrogen) atoms. The Hall–Kier alpha value is -4.35. The number of nitrogens with zero attached hydrogens (tertiary/aromatic N) is 5. The van der Waals surface area contributed by atoms with E-state index >= 15 is 0 Å². The zero-order valence-corrected chi connectivity index (χ0v) is 22.6. The van der Waals surface area contributed by atoms with Crippen LogP contribution in [0, 0.1) is 0 Å². The fraction of sp³-hybridized carbons (Fsp3) is 0.0345. The van der Waals surface area contributed by atoms with Gasteiger partial charge in [-0.25, -0.2) is 4.98 Å². The molecule has 0 spiro atoms. The molecule has 7 aromatic rings. The normalized spacial score (nSPS) is 12.0. The first-order valence-corrected chi connectivity index (χ1v) is 13.6. The predicted octanol–water partition coefficient (Wildman–Crippen LogP) is 8.78. The van der Waals surface area contributed by atoms with Gasteiger partial charge >= 0.3 is 6.18 Å². The van der Waals surface area contributed by atoms with E-state index in [1.807, 2.05) is 54.6 Å². The lowest BCUT2D eigenvalue weighted by Gasteiger charge is -2.08. The first-order chi connectivity index (χ1) is 19.3. The molecule has 0 saturated carbocycles. The maximum atomic E-state index is 13.2. The second-order valence-electron chi connectivity index (χ2n) is 8.92. The number of fused-ring (bicyclic) bond motifs is 2. The Labute approximate surface area is 236 Å². The maximum Gasteiger partial charge on any atom is 0.416 e. The van der Waals surface area contributed by atoms with Crippen LogP contribution in [-0.2, 0) is 6.18 Å². The summed E-state index contributed by atoms with van der Waals surface area (Å²) in [5.74, 6) is 1.35. The standard InChI is InChI=1S/C29H15BrF3N5OS/c30-21-10-3-1-9-19(21)26-35-36-28-38(26)37-27(40-28)20-15-23(34-22-11-4-2-8-18(20)22)25-13-12-24(39-25)16-6-5-7-17(14-16)29(31,32)33/h1-15H. The molecule has 0 atom stereocenters. The van der Waals surface area contributed by atoms with Gasteiger partial charge in [-0.3, -0.25) is 0 Å². The van der Waals surface area contributed by atoms with Gasteiger partial charge in [-0.1, -0.05) is 69.7 Å². The minimum atomic E-state index is -4.44. The van der Waals surface area contributed by atoms with Crippen molar-refractivity contribution in [2.45, 2.75) is 6.18 Å². The van der Waals surface area contributed by atoms with Crippen molar-refractivity contribution in [1.29, 1.82) is 0 Å². The summed E-state index contributed by atoms with van der Waals surface area (Å²) in [7, 11) is 0. The van der Waals surface area contributed by atoms with Crippen molar-refractivity contribution in [2.75, 3.05) is 0 Å². The third-order valence-corrected chi connectivity index (χ3v) is 8.01. The topological polar surface area (TPSA) is 69.1 Å². The Balaban J connectivity index is 1.34. The van der Waals surface area contributed by atoms with Crippen LogP contribution in [0.15, 0.2) is 99.9 Å². The van der Waals surface area contributed by atoms with E-state index in [2.05, 4.69) is 26.1 Å². The van der Waals surface area contributed by atoms with Gasteiger partial charge in [0.2, 0.25) is 4.96 Å². The Kier molecular flexibility index (Phi) is 5.79. The van der Waals surface area contributed by atoms with Crippen molar-refractivity contribution in [3.63, 3.8) is 0 Å². The van der Waals surface area contributed by atoms with Crippen LogP contribution in [0.3, 0.4) is 0 Å². The second kappa shape index (κ2) is 9.39. The monoisotopic (exact) mass is 617 g/mol. The van der Waals surface area contributed by atoms with Gasteiger partial charge in [-0.05, 0) is 48.5 Å². The van der Waals surface area contributed by atoms with Gasteiger partial charge in [0.15, 0.2) is 11.6 Å². The number of halogens is 4. The van der Waals surface area contributed by atoms with Crippen LogP contribution in [0.4, 0.5) is 13.2 Å². The third kappa shape index (κ3) is 4.27. The molecule has 0 aliphatic heterocycles. The zero-order chi connectivity index (χ0) is 27.4. The van der Waals surface area contributed by atoms with Gasteiger partial charge in [-0.15, -0.1) is 10.2 Å². The minimum absolute atomic E-state index is 0.314. The maximum absolute atomic E-state index is 13.2. The SMILES string of the molecule is FC(F)(F)c1cccc(-c2ccc(-c3cc(-c4nn5c(-c6ccccc6Br)nnc5s4)c4ccccc4n3)o2)c1. The summed E-state index contributed by atoms with van der Waals surface area (Å²) in [6, 6.07) is 25.7. The zero-order valence-electron chi connectivity index (χ0n) is 20.2. The van der Waals surface area contributed by atoms with Crippen molar-refractivity contribution >= 4 is 43.1 Å². The van der Waals surface area contributed by atoms with E-state index in [-0.39, 0.29) is 0 Å². The highest BCUT2D eigenvalue weighted by Crippen LogP contribution is 2.38. The first-order valence-electron chi connectivity index (χ1n) is 12.0. The number of hydrogen-bond acceptors (Lipinski definition) is 6. The van der Waals surface area contributed by atoms with Crippen molar-refractivity contribution in [3.05, 3.63) is 101 Å². The number of alkyl halides is 3. The molecule has 7 rings (SSSR count). The molecule has 0 bridgehead atoms. The van der Waals surface area contributed by atoms with Crippen molar-refractivity contribution in [1.82, 2.24) is 24.8 Å². The molecule has 0 amide bonds. The molecule has 0 aliphatic carbocycles. The highest BCUT2D eigenvalue weighted by Gasteiger charge is 2.30. The van der Waals surface area contributed by atoms with E-state index in [4.69, 9.17) is 14.5 Å². The summed E-state index contributed by atoms with van der Waals surface area (Å²) < 4.78 is 48.3. The van der Waals surface area contributed by atoms with E-state index < -0.39 is 11.7 Å². The summed E-state index contributed by atoms with van der Waals surface area (Å²) in [5, 5.41) is 15.1. The van der Waals surface area contributed by atoms with Crippen molar-refractivity contribution in [2.24, 2.45) is 0 Å². The lowest BCUT2D eigenvalue weighted by atomic mass is 10.1. The highest BCUT2D eigenvalue weighted by atomic mass is 79.9. The number of rotatable bonds is 4. The van der Waals surface area contributed by atoms with Crippen LogP contribution in [0.1, 0.15) is 5.56 Å². The van der Waals surface area contributed by atoms with Gasteiger partial charge in [0.25, 0.3) is 0 Å². The van der Waals surface area contributed by atoms with E-state index in [0.717, 1.165) is 38.6 Å². The Morgan fingerprint density at radius 2 is 1.60 bits per heavy atom. The lowest BCUT2D eigenvalue weighted by molar-refractivity contribution is -0.137. The number of benzene rings is 3. The van der Waals surface area contributed by atoms with Gasteiger partial charge in [-0.2, -0.15) is 22.8 Å². The smallest absolute Gasteiger partial charge is 0.416 e. The van der Waals surface area contributed by atoms with Crippen LogP contribution in [-0.4, -0.2) is 24.8 Å². The number of para-hydroxylation sites is 1. The van der Waals surface area contributed by atoms with E-state index in [1.54, 1.807) is 22.7 Å². The summed E-state index contributed by atoms with van der Waals surface area (Å²) >= 11 is 4.97. The van der Waals surface area contributed by atoms with E-state index in [0.29, 0.717) is 38.6 Å². The largest absolute Gasteiger partial charge is 0.454 e. The van der Waals surface area contributed by atoms with Gasteiger partial charge in [0.1, 0.15) is 16.5 Å². The molecular weight excluding hydrogens is 603 g/mol. The third-order valence-electron chi connectivity index (χ3n) is 6.39. The van der Waals surface area contributed by atoms with Crippen LogP contribution in [0.2, 0.25) is 0 Å². The molecule has 0 saturated heterocycles. The molecule has 6 nitrogen and oxygen atoms in total. The first kappa shape index (κ1) is 24.7. The number of pyridine rings is 1. The van der Waals surface area contributed by atoms with Gasteiger partial charge < -0.3 is 4.42 Å². The summed E-state index contributed by atoms with van der Waals surface area (Å²) in [4.78, 5) is 5.41. The Morgan fingerprint density at radius 1 is 0.800 bits per heavy atom. The molecule has 3 aromatic carbocycles. The molecule has 4 aromatic heterocycles. The lowest BCUT2D eigenvalue weighted by Crippen LogP contribution is -2.04. The van der Waals surface area contributed by atoms with Crippen LogP contribution in [0.5, 0.6) is 0 Å². The molecule has 11 heteroatoms. The fourth-order valence-corrected chi connectivity index (χ4v) is 5.83. The molecular formula is C29H15BrF3N5OS. The summed E-state index contributed by atoms with van der Waals surface area (Å²) in [6.45, 7) is 0. The van der Waals surface area contributed by atoms with Crippen molar-refractivity contribution in [3.8, 4) is 44.7 Å². The Morgan fingerprint density at radius 3 is 2.45 bits per heavy atom. The average molecular weight is 618 g/mol.